The van der Waals surface area contributed by atoms with Crippen LogP contribution in [-0.2, 0) is 19.1 Å². The summed E-state index contributed by atoms with van der Waals surface area (Å²) in [5, 5.41) is 84.4. The van der Waals surface area contributed by atoms with Gasteiger partial charge in [0.05, 0.1) is 24.9 Å². The highest BCUT2D eigenvalue weighted by Crippen LogP contribution is 2.42. The number of aliphatic hydroxyl groups is 7. The molecule has 2 aliphatic heterocycles. The average Bonchev–Trinajstić information content (AvgIpc) is 2.89. The topological polar surface area (TPSA) is 226 Å². The minimum atomic E-state index is -2.23. The molecule has 0 radical (unpaired) electrons. The zero-order valence-corrected chi connectivity index (χ0v) is 21.9. The molecule has 1 amide bonds. The molecule has 0 spiro atoms. The monoisotopic (exact) mass is 579 g/mol. The summed E-state index contributed by atoms with van der Waals surface area (Å²) in [4.78, 5) is 22.5. The molecule has 11 atom stereocenters. The fourth-order valence-corrected chi connectivity index (χ4v) is 6.66. The van der Waals surface area contributed by atoms with Crippen LogP contribution in [0.5, 0.6) is 0 Å². The van der Waals surface area contributed by atoms with Gasteiger partial charge < -0.3 is 55.6 Å². The van der Waals surface area contributed by atoms with Crippen LogP contribution in [0.3, 0.4) is 0 Å². The van der Waals surface area contributed by atoms with E-state index in [1.165, 1.54) is 0 Å². The predicted molar refractivity (Wildman–Crippen MR) is 134 cm³/mol. The van der Waals surface area contributed by atoms with Crippen LogP contribution in [0.2, 0.25) is 0 Å². The highest BCUT2D eigenvalue weighted by atomic mass is 32.2. The number of aliphatic hydroxyl groups excluding tert-OH is 7. The molecule has 0 aromatic heterocycles. The Bertz CT molecular complexity index is 944. The van der Waals surface area contributed by atoms with E-state index < -0.39 is 90.1 Å². The Kier molecular flexibility index (Phi) is 10.8. The number of hydrogen-bond acceptors (Lipinski definition) is 13. The second-order valence-corrected chi connectivity index (χ2v) is 11.6. The maximum atomic E-state index is 12.4. The molecule has 0 saturated carbocycles. The minimum Gasteiger partial charge on any atom is -0.478 e. The summed E-state index contributed by atoms with van der Waals surface area (Å²) in [5.41, 5.74) is -1.00. The Morgan fingerprint density at radius 2 is 1.76 bits per heavy atom. The van der Waals surface area contributed by atoms with E-state index >= 15 is 0 Å². The minimum absolute atomic E-state index is 0.286. The van der Waals surface area contributed by atoms with Gasteiger partial charge in [-0.3, -0.25) is 4.79 Å². The molecule has 2 fully saturated rings. The maximum Gasteiger partial charge on any atom is 0.346 e. The molecule has 9 N–H and O–H groups in total. The summed E-state index contributed by atoms with van der Waals surface area (Å²) in [6.45, 7) is 0.234. The van der Waals surface area contributed by atoms with Gasteiger partial charge in [0.15, 0.2) is 0 Å². The summed E-state index contributed by atoms with van der Waals surface area (Å²) >= 11 is 1.70. The second-order valence-electron chi connectivity index (χ2n) is 9.14. The number of hydrogen-bond donors (Lipinski definition) is 9. The van der Waals surface area contributed by atoms with E-state index in [-0.39, 0.29) is 5.75 Å². The number of rotatable bonds is 10. The molecule has 0 bridgehead atoms. The largest absolute Gasteiger partial charge is 0.478 e. The number of ether oxygens (including phenoxy) is 2. The molecule has 15 heteroatoms. The van der Waals surface area contributed by atoms with Crippen LogP contribution >= 0.6 is 23.5 Å². The Morgan fingerprint density at radius 3 is 2.34 bits per heavy atom. The van der Waals surface area contributed by atoms with Gasteiger partial charge in [0.25, 0.3) is 0 Å². The van der Waals surface area contributed by atoms with Crippen molar-refractivity contribution in [2.24, 2.45) is 0 Å². The van der Waals surface area contributed by atoms with Gasteiger partial charge in [-0.15, -0.1) is 11.8 Å². The van der Waals surface area contributed by atoms with Crippen LogP contribution in [-0.4, -0.2) is 130 Å². The quantitative estimate of drug-likeness (QED) is 0.139. The first-order valence-electron chi connectivity index (χ1n) is 11.8. The van der Waals surface area contributed by atoms with Gasteiger partial charge in [0.2, 0.25) is 10.8 Å². The number of benzene rings is 1. The number of carboxylic acids is 1. The van der Waals surface area contributed by atoms with Crippen molar-refractivity contribution in [2.45, 2.75) is 83.5 Å². The molecule has 3 rings (SSSR count). The van der Waals surface area contributed by atoms with Gasteiger partial charge in [0, 0.05) is 24.0 Å². The summed E-state index contributed by atoms with van der Waals surface area (Å²) in [7, 11) is 0. The van der Waals surface area contributed by atoms with Crippen molar-refractivity contribution in [3.05, 3.63) is 30.3 Å². The van der Waals surface area contributed by atoms with Crippen LogP contribution in [0.25, 0.3) is 0 Å². The molecule has 13 nitrogen and oxygen atoms in total. The maximum absolute atomic E-state index is 12.4. The third-order valence-corrected chi connectivity index (χ3v) is 8.90. The summed E-state index contributed by atoms with van der Waals surface area (Å²) in [5.74, 6) is -2.46. The number of thioether (sulfide) groups is 2. The van der Waals surface area contributed by atoms with Crippen LogP contribution < -0.4 is 5.32 Å². The third-order valence-electron chi connectivity index (χ3n) is 6.33. The number of aliphatic carboxylic acids is 1. The normalized spacial score (nSPS) is 37.3. The molecule has 1 aromatic rings. The molecule has 1 aromatic carbocycles. The molecule has 0 unspecified atom stereocenters. The lowest BCUT2D eigenvalue weighted by Crippen LogP contribution is -2.66. The molecule has 2 heterocycles. The lowest BCUT2D eigenvalue weighted by atomic mass is 9.90. The van der Waals surface area contributed by atoms with E-state index in [9.17, 15) is 50.4 Å². The summed E-state index contributed by atoms with van der Waals surface area (Å²) in [6.07, 6.45) is -13.2. The van der Waals surface area contributed by atoms with Crippen molar-refractivity contribution in [3.63, 3.8) is 0 Å². The zero-order chi connectivity index (χ0) is 28.2. The Hall–Kier alpha value is -1.50. The fraction of sp³-hybridized carbons (Fsp3) is 0.652. The number of amides is 1. The van der Waals surface area contributed by atoms with Crippen molar-refractivity contribution < 1.29 is 59.9 Å². The summed E-state index contributed by atoms with van der Waals surface area (Å²) in [6, 6.07) is 7.55. The van der Waals surface area contributed by atoms with Gasteiger partial charge in [-0.25, -0.2) is 4.79 Å². The van der Waals surface area contributed by atoms with E-state index in [0.717, 1.165) is 23.6 Å². The van der Waals surface area contributed by atoms with E-state index in [0.29, 0.717) is 11.8 Å². The van der Waals surface area contributed by atoms with Crippen LogP contribution in [0.4, 0.5) is 0 Å². The SMILES string of the molecule is CC(=O)N[C@H]1[C@H]([C@H](O)[C@H](O)CO)O[C@@](SC[C@H]2O[C@@H](Sc3ccccc3)[C@H](O)[C@@H](O)[C@H]2O)(C(=O)O)C[C@@H]1O. The van der Waals surface area contributed by atoms with Crippen molar-refractivity contribution in [1.29, 1.82) is 0 Å². The molecule has 0 aliphatic carbocycles. The first-order valence-corrected chi connectivity index (χ1v) is 13.7. The predicted octanol–water partition coefficient (Wildman–Crippen LogP) is -2.53. The average molecular weight is 580 g/mol. The zero-order valence-electron chi connectivity index (χ0n) is 20.3. The number of carboxylic acid groups (broad SMARTS) is 1. The van der Waals surface area contributed by atoms with Crippen molar-refractivity contribution in [3.8, 4) is 0 Å². The first-order chi connectivity index (χ1) is 17.9. The van der Waals surface area contributed by atoms with E-state index in [2.05, 4.69) is 5.32 Å². The van der Waals surface area contributed by atoms with Gasteiger partial charge in [-0.05, 0) is 12.1 Å². The molecule has 38 heavy (non-hydrogen) atoms. The van der Waals surface area contributed by atoms with Gasteiger partial charge in [-0.2, -0.15) is 0 Å². The molecule has 214 valence electrons. The van der Waals surface area contributed by atoms with Crippen LogP contribution in [0.1, 0.15) is 13.3 Å². The van der Waals surface area contributed by atoms with E-state index in [1.807, 2.05) is 0 Å². The Morgan fingerprint density at radius 1 is 1.11 bits per heavy atom. The fourth-order valence-electron chi connectivity index (χ4n) is 4.28. The van der Waals surface area contributed by atoms with Crippen molar-refractivity contribution in [2.75, 3.05) is 12.4 Å². The van der Waals surface area contributed by atoms with Gasteiger partial charge in [0.1, 0.15) is 42.1 Å². The first kappa shape index (κ1) is 31.0. The van der Waals surface area contributed by atoms with Gasteiger partial charge in [-0.1, -0.05) is 30.0 Å². The number of nitrogens with one attached hydrogen (secondary N) is 1. The smallest absolute Gasteiger partial charge is 0.346 e. The highest BCUT2D eigenvalue weighted by Gasteiger charge is 2.56. The lowest BCUT2D eigenvalue weighted by Gasteiger charge is -2.47. The van der Waals surface area contributed by atoms with Crippen LogP contribution in [0.15, 0.2) is 35.2 Å². The Balaban J connectivity index is 1.81. The van der Waals surface area contributed by atoms with Crippen LogP contribution in [0, 0.1) is 0 Å². The number of carbonyl (C=O) groups is 2. The van der Waals surface area contributed by atoms with Crippen molar-refractivity contribution >= 4 is 35.4 Å². The molecule has 2 aliphatic rings. The lowest BCUT2D eigenvalue weighted by molar-refractivity contribution is -0.205. The van der Waals surface area contributed by atoms with E-state index in [1.54, 1.807) is 30.3 Å². The second kappa shape index (κ2) is 13.2. The Labute approximate surface area is 226 Å². The molecule has 2 saturated heterocycles. The highest BCUT2D eigenvalue weighted by molar-refractivity contribution is 8.01. The third kappa shape index (κ3) is 6.98. The van der Waals surface area contributed by atoms with E-state index in [4.69, 9.17) is 9.47 Å². The van der Waals surface area contributed by atoms with Crippen molar-refractivity contribution in [1.82, 2.24) is 5.32 Å². The van der Waals surface area contributed by atoms with Gasteiger partial charge >= 0.3 is 5.97 Å². The standard InChI is InChI=1S/C23H33NO12S2/c1-10(26)24-15-12(27)7-23(22(33)34,36-20(15)16(29)13(28)8-25)37-9-14-17(30)18(31)19(32)21(35-14)38-11-5-3-2-4-6-11/h2-6,12-21,25,27-32H,7-9H2,1H3,(H,24,26)(H,33,34)/t12-,13+,14+,15+,16+,17-,18-,19+,20+,21-,23-/m0/s1. The summed E-state index contributed by atoms with van der Waals surface area (Å²) < 4.78 is 11.5. The molecular weight excluding hydrogens is 546 g/mol. The number of carbonyl (C=O) groups excluding carboxylic acids is 1. The molecular formula is C23H33NO12S2.